The van der Waals surface area contributed by atoms with Crippen LogP contribution in [0.25, 0.3) is 0 Å². The van der Waals surface area contributed by atoms with Crippen LogP contribution in [0.2, 0.25) is 0 Å². The molecule has 0 amide bonds. The van der Waals surface area contributed by atoms with Crippen molar-refractivity contribution < 1.29 is 9.47 Å². The molecule has 2 N–H and O–H groups in total. The highest BCUT2D eigenvalue weighted by Gasteiger charge is 2.34. The van der Waals surface area contributed by atoms with Crippen LogP contribution in [0.4, 0.5) is 5.82 Å². The Morgan fingerprint density at radius 1 is 1.33 bits per heavy atom. The number of hydrogen-bond donors (Lipinski definition) is 1. The summed E-state index contributed by atoms with van der Waals surface area (Å²) in [5.74, 6) is 0.958. The molecular formula is C13H21N3O2. The molecule has 0 radical (unpaired) electrons. The number of aryl methyl sites for hydroxylation is 1. The summed E-state index contributed by atoms with van der Waals surface area (Å²) in [6.07, 6.45) is 2.00. The van der Waals surface area contributed by atoms with Crippen LogP contribution in [0.15, 0.2) is 12.3 Å². The Bertz CT molecular complexity index is 399. The van der Waals surface area contributed by atoms with E-state index in [-0.39, 0.29) is 12.2 Å². The minimum Gasteiger partial charge on any atom is -0.377 e. The number of pyridine rings is 1. The Labute approximate surface area is 108 Å². The van der Waals surface area contributed by atoms with Crippen molar-refractivity contribution in [1.82, 2.24) is 4.98 Å². The maximum Gasteiger partial charge on any atom is 0.133 e. The average molecular weight is 251 g/mol. The highest BCUT2D eigenvalue weighted by molar-refractivity contribution is 5.51. The zero-order valence-electron chi connectivity index (χ0n) is 11.2. The fraction of sp³-hybridized carbons (Fsp3) is 0.615. The van der Waals surface area contributed by atoms with Crippen LogP contribution >= 0.6 is 0 Å². The van der Waals surface area contributed by atoms with Gasteiger partial charge in [0.15, 0.2) is 0 Å². The van der Waals surface area contributed by atoms with Crippen LogP contribution in [-0.4, -0.2) is 44.5 Å². The SMILES string of the molecule is COC1CN(c2nccc(C)c2CN)CC1OC. The number of methoxy groups -OCH3 is 2. The van der Waals surface area contributed by atoms with E-state index in [1.165, 1.54) is 5.56 Å². The molecule has 0 aliphatic carbocycles. The Kier molecular flexibility index (Phi) is 4.16. The van der Waals surface area contributed by atoms with Gasteiger partial charge in [0.2, 0.25) is 0 Å². The van der Waals surface area contributed by atoms with Crippen molar-refractivity contribution >= 4 is 5.82 Å². The molecule has 0 bridgehead atoms. The molecule has 1 aliphatic rings. The quantitative estimate of drug-likeness (QED) is 0.853. The Hall–Kier alpha value is -1.17. The van der Waals surface area contributed by atoms with Gasteiger partial charge in [0.05, 0.1) is 0 Å². The van der Waals surface area contributed by atoms with Crippen molar-refractivity contribution in [3.8, 4) is 0 Å². The summed E-state index contributed by atoms with van der Waals surface area (Å²) in [4.78, 5) is 6.66. The zero-order valence-corrected chi connectivity index (χ0v) is 11.2. The van der Waals surface area contributed by atoms with Crippen molar-refractivity contribution in [3.05, 3.63) is 23.4 Å². The third kappa shape index (κ3) is 2.34. The van der Waals surface area contributed by atoms with E-state index < -0.39 is 0 Å². The second-order valence-corrected chi connectivity index (χ2v) is 4.59. The monoisotopic (exact) mass is 251 g/mol. The number of aromatic nitrogens is 1. The van der Waals surface area contributed by atoms with E-state index in [0.29, 0.717) is 6.54 Å². The van der Waals surface area contributed by atoms with Crippen LogP contribution in [0, 0.1) is 6.92 Å². The summed E-state index contributed by atoms with van der Waals surface area (Å²) in [6.45, 7) is 4.14. The second kappa shape index (κ2) is 5.65. The molecule has 5 nitrogen and oxygen atoms in total. The van der Waals surface area contributed by atoms with Gasteiger partial charge in [0.25, 0.3) is 0 Å². The summed E-state index contributed by atoms with van der Waals surface area (Å²) in [5, 5.41) is 0. The molecule has 18 heavy (non-hydrogen) atoms. The highest BCUT2D eigenvalue weighted by atomic mass is 16.5. The normalized spacial score (nSPS) is 23.7. The molecule has 2 atom stereocenters. The molecule has 1 saturated heterocycles. The largest absolute Gasteiger partial charge is 0.377 e. The molecule has 1 aliphatic heterocycles. The summed E-state index contributed by atoms with van der Waals surface area (Å²) >= 11 is 0. The minimum atomic E-state index is 0.0861. The summed E-state index contributed by atoms with van der Waals surface area (Å²) in [7, 11) is 3.43. The second-order valence-electron chi connectivity index (χ2n) is 4.59. The number of rotatable bonds is 4. The molecule has 5 heteroatoms. The van der Waals surface area contributed by atoms with Crippen LogP contribution < -0.4 is 10.6 Å². The summed E-state index contributed by atoms with van der Waals surface area (Å²) < 4.78 is 10.9. The Morgan fingerprint density at radius 2 is 1.94 bits per heavy atom. The van der Waals surface area contributed by atoms with E-state index in [1.807, 2.05) is 12.3 Å². The number of ether oxygens (including phenoxy) is 2. The first-order valence-electron chi connectivity index (χ1n) is 6.16. The van der Waals surface area contributed by atoms with Crippen LogP contribution in [0.5, 0.6) is 0 Å². The fourth-order valence-electron chi connectivity index (χ4n) is 2.47. The smallest absolute Gasteiger partial charge is 0.133 e. The van der Waals surface area contributed by atoms with Gasteiger partial charge in [0.1, 0.15) is 18.0 Å². The van der Waals surface area contributed by atoms with Crippen molar-refractivity contribution in [2.75, 3.05) is 32.2 Å². The van der Waals surface area contributed by atoms with Gasteiger partial charge < -0.3 is 20.1 Å². The van der Waals surface area contributed by atoms with E-state index in [2.05, 4.69) is 16.8 Å². The Morgan fingerprint density at radius 3 is 2.44 bits per heavy atom. The third-order valence-corrected chi connectivity index (χ3v) is 3.59. The van der Waals surface area contributed by atoms with Gasteiger partial charge in [-0.25, -0.2) is 4.98 Å². The van der Waals surface area contributed by atoms with E-state index in [1.54, 1.807) is 14.2 Å². The molecule has 1 aromatic rings. The van der Waals surface area contributed by atoms with Gasteiger partial charge in [-0.3, -0.25) is 0 Å². The standard InChI is InChI=1S/C13H21N3O2/c1-9-4-5-15-13(10(9)6-14)16-7-11(17-2)12(8-16)18-3/h4-5,11-12H,6-8,14H2,1-3H3. The van der Waals surface area contributed by atoms with Gasteiger partial charge in [0, 0.05) is 45.6 Å². The molecule has 0 aromatic carbocycles. The lowest BCUT2D eigenvalue weighted by molar-refractivity contribution is -0.00461. The van der Waals surface area contributed by atoms with Gasteiger partial charge >= 0.3 is 0 Å². The number of nitrogens with zero attached hydrogens (tertiary/aromatic N) is 2. The molecule has 0 spiro atoms. The predicted molar refractivity (Wildman–Crippen MR) is 70.7 cm³/mol. The number of anilines is 1. The molecule has 1 aromatic heterocycles. The van der Waals surface area contributed by atoms with Crippen molar-refractivity contribution in [2.24, 2.45) is 5.73 Å². The number of nitrogens with two attached hydrogens (primary N) is 1. The molecular weight excluding hydrogens is 230 g/mol. The van der Waals surface area contributed by atoms with E-state index in [9.17, 15) is 0 Å². The van der Waals surface area contributed by atoms with Gasteiger partial charge in [-0.1, -0.05) is 0 Å². The first-order valence-corrected chi connectivity index (χ1v) is 6.16. The van der Waals surface area contributed by atoms with Crippen LogP contribution in [0.1, 0.15) is 11.1 Å². The molecule has 1 fully saturated rings. The lowest BCUT2D eigenvalue weighted by Gasteiger charge is -2.20. The first kappa shape index (κ1) is 13.3. The van der Waals surface area contributed by atoms with Crippen molar-refractivity contribution in [3.63, 3.8) is 0 Å². The molecule has 2 heterocycles. The van der Waals surface area contributed by atoms with Gasteiger partial charge in [-0.05, 0) is 18.6 Å². The van der Waals surface area contributed by atoms with E-state index in [0.717, 1.165) is 24.5 Å². The zero-order chi connectivity index (χ0) is 13.1. The predicted octanol–water partition coefficient (Wildman–Crippen LogP) is 0.699. The lowest BCUT2D eigenvalue weighted by atomic mass is 10.1. The molecule has 100 valence electrons. The maximum absolute atomic E-state index is 5.82. The van der Waals surface area contributed by atoms with E-state index >= 15 is 0 Å². The first-order chi connectivity index (χ1) is 8.71. The van der Waals surface area contributed by atoms with Gasteiger partial charge in [-0.2, -0.15) is 0 Å². The third-order valence-electron chi connectivity index (χ3n) is 3.59. The van der Waals surface area contributed by atoms with E-state index in [4.69, 9.17) is 15.2 Å². The Balaban J connectivity index is 2.25. The van der Waals surface area contributed by atoms with Crippen LogP contribution in [-0.2, 0) is 16.0 Å². The fourth-order valence-corrected chi connectivity index (χ4v) is 2.47. The molecule has 2 rings (SSSR count). The lowest BCUT2D eigenvalue weighted by Crippen LogP contribution is -2.27. The number of hydrogen-bond acceptors (Lipinski definition) is 5. The minimum absolute atomic E-state index is 0.0861. The van der Waals surface area contributed by atoms with Crippen molar-refractivity contribution in [2.45, 2.75) is 25.7 Å². The summed E-state index contributed by atoms with van der Waals surface area (Å²) in [5.41, 5.74) is 8.10. The maximum atomic E-state index is 5.82. The highest BCUT2D eigenvalue weighted by Crippen LogP contribution is 2.26. The average Bonchev–Trinajstić information content (AvgIpc) is 2.81. The van der Waals surface area contributed by atoms with Gasteiger partial charge in [-0.15, -0.1) is 0 Å². The van der Waals surface area contributed by atoms with Crippen LogP contribution in [0.3, 0.4) is 0 Å². The summed E-state index contributed by atoms with van der Waals surface area (Å²) in [6, 6.07) is 1.99. The topological polar surface area (TPSA) is 60.6 Å². The molecule has 2 unspecified atom stereocenters. The van der Waals surface area contributed by atoms with Crippen molar-refractivity contribution in [1.29, 1.82) is 0 Å². The molecule has 0 saturated carbocycles.